The van der Waals surface area contributed by atoms with Gasteiger partial charge in [-0.05, 0) is 12.1 Å². The summed E-state index contributed by atoms with van der Waals surface area (Å²) in [6.45, 7) is 1.79. The second-order valence-corrected chi connectivity index (χ2v) is 4.77. The lowest BCUT2D eigenvalue weighted by Crippen LogP contribution is -2.32. The molecule has 0 spiro atoms. The van der Waals surface area contributed by atoms with Gasteiger partial charge < -0.3 is 18.9 Å². The first-order chi connectivity index (χ1) is 10.2. The molecule has 0 bridgehead atoms. The Morgan fingerprint density at radius 3 is 2.71 bits per heavy atom. The second kappa shape index (κ2) is 7.08. The van der Waals surface area contributed by atoms with E-state index in [4.69, 9.17) is 9.47 Å². The number of fused-ring (bicyclic) bond motifs is 1. The molecule has 0 aliphatic heterocycles. The molecule has 114 valence electrons. The highest BCUT2D eigenvalue weighted by Gasteiger charge is 2.16. The average molecular weight is 291 g/mol. The van der Waals surface area contributed by atoms with E-state index in [-0.39, 0.29) is 5.97 Å². The molecule has 0 saturated carbocycles. The Labute approximate surface area is 124 Å². The van der Waals surface area contributed by atoms with E-state index in [0.29, 0.717) is 26.1 Å². The maximum Gasteiger partial charge on any atom is 0.307 e. The van der Waals surface area contributed by atoms with Crippen LogP contribution in [-0.4, -0.2) is 49.4 Å². The summed E-state index contributed by atoms with van der Waals surface area (Å²) in [7, 11) is 5.03. The van der Waals surface area contributed by atoms with Gasteiger partial charge in [0.15, 0.2) is 0 Å². The van der Waals surface area contributed by atoms with Gasteiger partial charge in [0.1, 0.15) is 0 Å². The van der Waals surface area contributed by atoms with Gasteiger partial charge in [0, 0.05) is 27.2 Å². The van der Waals surface area contributed by atoms with E-state index < -0.39 is 0 Å². The monoisotopic (exact) mass is 291 g/mol. The van der Waals surface area contributed by atoms with Gasteiger partial charge in [-0.1, -0.05) is 12.1 Å². The molecule has 0 N–H and O–H groups in total. The highest BCUT2D eigenvalue weighted by Crippen LogP contribution is 2.21. The fraction of sp³-hybridized carbons (Fsp3) is 0.467. The lowest BCUT2D eigenvalue weighted by molar-refractivity contribution is -0.140. The van der Waals surface area contributed by atoms with Gasteiger partial charge in [0.25, 0.3) is 0 Å². The second-order valence-electron chi connectivity index (χ2n) is 4.77. The number of carbonyl (C=O) groups is 1. The van der Waals surface area contributed by atoms with Crippen LogP contribution in [0.15, 0.2) is 24.3 Å². The molecule has 1 aromatic carbocycles. The number of rotatable bonds is 7. The number of carbonyl (C=O) groups excluding carboxylic acids is 1. The molecule has 0 atom stereocenters. The Morgan fingerprint density at radius 1 is 1.29 bits per heavy atom. The predicted molar refractivity (Wildman–Crippen MR) is 81.4 cm³/mol. The summed E-state index contributed by atoms with van der Waals surface area (Å²) < 4.78 is 11.9. The van der Waals surface area contributed by atoms with Crippen LogP contribution in [0.4, 0.5) is 5.95 Å². The molecule has 0 aliphatic rings. The first kappa shape index (κ1) is 15.3. The van der Waals surface area contributed by atoms with Crippen molar-refractivity contribution in [2.24, 2.45) is 7.05 Å². The van der Waals surface area contributed by atoms with E-state index in [1.165, 1.54) is 7.11 Å². The van der Waals surface area contributed by atoms with Crippen molar-refractivity contribution in [3.8, 4) is 0 Å². The van der Waals surface area contributed by atoms with E-state index in [0.717, 1.165) is 17.0 Å². The van der Waals surface area contributed by atoms with Crippen molar-refractivity contribution in [2.75, 3.05) is 38.8 Å². The van der Waals surface area contributed by atoms with Crippen molar-refractivity contribution in [1.29, 1.82) is 0 Å². The standard InChI is InChI=1S/C15H21N3O3/c1-17-13-7-5-4-6-12(13)16-15(17)18(10-11-20-2)9-8-14(19)21-3/h4-7H,8-11H2,1-3H3. The number of hydrogen-bond acceptors (Lipinski definition) is 5. The summed E-state index contributed by atoms with van der Waals surface area (Å²) in [5, 5.41) is 0. The maximum atomic E-state index is 11.4. The van der Waals surface area contributed by atoms with Gasteiger partial charge in [-0.25, -0.2) is 4.98 Å². The number of methoxy groups -OCH3 is 2. The third kappa shape index (κ3) is 3.52. The summed E-state index contributed by atoms with van der Waals surface area (Å²) in [6.07, 6.45) is 0.323. The van der Waals surface area contributed by atoms with E-state index in [1.54, 1.807) is 7.11 Å². The molecule has 1 aromatic heterocycles. The van der Waals surface area contributed by atoms with Crippen molar-refractivity contribution in [2.45, 2.75) is 6.42 Å². The first-order valence-electron chi connectivity index (χ1n) is 6.89. The minimum Gasteiger partial charge on any atom is -0.469 e. The Hall–Kier alpha value is -2.08. The van der Waals surface area contributed by atoms with Gasteiger partial charge >= 0.3 is 5.97 Å². The fourth-order valence-corrected chi connectivity index (χ4v) is 2.26. The summed E-state index contributed by atoms with van der Waals surface area (Å²) in [4.78, 5) is 18.1. The number of esters is 1. The number of hydrogen-bond donors (Lipinski definition) is 0. The Kier molecular flexibility index (Phi) is 5.16. The molecule has 0 unspecified atom stereocenters. The van der Waals surface area contributed by atoms with Gasteiger partial charge in [-0.15, -0.1) is 0 Å². The van der Waals surface area contributed by atoms with E-state index >= 15 is 0 Å². The van der Waals surface area contributed by atoms with Crippen LogP contribution in [-0.2, 0) is 21.3 Å². The normalized spacial score (nSPS) is 10.8. The number of aromatic nitrogens is 2. The molecule has 2 aromatic rings. The zero-order valence-corrected chi connectivity index (χ0v) is 12.7. The SMILES string of the molecule is COCCN(CCC(=O)OC)c1nc2ccccc2n1C. The largest absolute Gasteiger partial charge is 0.469 e. The van der Waals surface area contributed by atoms with Gasteiger partial charge in [-0.3, -0.25) is 4.79 Å². The summed E-state index contributed by atoms with van der Waals surface area (Å²) in [5.41, 5.74) is 2.00. The van der Waals surface area contributed by atoms with E-state index in [2.05, 4.69) is 4.98 Å². The molecule has 0 fully saturated rings. The van der Waals surface area contributed by atoms with Crippen molar-refractivity contribution < 1.29 is 14.3 Å². The topological polar surface area (TPSA) is 56.6 Å². The van der Waals surface area contributed by atoms with Crippen LogP contribution >= 0.6 is 0 Å². The number of benzene rings is 1. The highest BCUT2D eigenvalue weighted by atomic mass is 16.5. The van der Waals surface area contributed by atoms with Crippen LogP contribution < -0.4 is 4.90 Å². The average Bonchev–Trinajstić information content (AvgIpc) is 2.84. The van der Waals surface area contributed by atoms with Gasteiger partial charge in [-0.2, -0.15) is 0 Å². The Balaban J connectivity index is 2.24. The van der Waals surface area contributed by atoms with E-state index in [9.17, 15) is 4.79 Å². The first-order valence-corrected chi connectivity index (χ1v) is 6.89. The van der Waals surface area contributed by atoms with Crippen LogP contribution in [0.2, 0.25) is 0 Å². The molecular weight excluding hydrogens is 270 g/mol. The zero-order valence-electron chi connectivity index (χ0n) is 12.7. The number of anilines is 1. The minimum absolute atomic E-state index is 0.226. The quantitative estimate of drug-likeness (QED) is 0.725. The zero-order chi connectivity index (χ0) is 15.2. The van der Waals surface area contributed by atoms with Crippen molar-refractivity contribution in [3.05, 3.63) is 24.3 Å². The number of para-hydroxylation sites is 2. The molecular formula is C15H21N3O3. The van der Waals surface area contributed by atoms with Crippen LogP contribution in [0.25, 0.3) is 11.0 Å². The van der Waals surface area contributed by atoms with Crippen LogP contribution in [0, 0.1) is 0 Å². The molecule has 0 saturated heterocycles. The lowest BCUT2D eigenvalue weighted by Gasteiger charge is -2.22. The number of ether oxygens (including phenoxy) is 2. The third-order valence-electron chi connectivity index (χ3n) is 3.43. The van der Waals surface area contributed by atoms with Crippen molar-refractivity contribution >= 4 is 23.0 Å². The van der Waals surface area contributed by atoms with Gasteiger partial charge in [0.2, 0.25) is 5.95 Å². The molecule has 6 nitrogen and oxygen atoms in total. The summed E-state index contributed by atoms with van der Waals surface area (Å²) in [6, 6.07) is 7.96. The Morgan fingerprint density at radius 2 is 2.05 bits per heavy atom. The number of aryl methyl sites for hydroxylation is 1. The van der Waals surface area contributed by atoms with E-state index in [1.807, 2.05) is 40.8 Å². The minimum atomic E-state index is -0.226. The molecule has 0 aliphatic carbocycles. The number of nitrogens with zero attached hydrogens (tertiary/aromatic N) is 3. The van der Waals surface area contributed by atoms with Crippen molar-refractivity contribution in [1.82, 2.24) is 9.55 Å². The smallest absolute Gasteiger partial charge is 0.307 e. The highest BCUT2D eigenvalue weighted by molar-refractivity contribution is 5.78. The molecule has 2 rings (SSSR count). The summed E-state index contributed by atoms with van der Waals surface area (Å²) in [5.74, 6) is 0.605. The number of imidazole rings is 1. The maximum absolute atomic E-state index is 11.4. The van der Waals surface area contributed by atoms with Gasteiger partial charge in [0.05, 0.1) is 31.2 Å². The molecule has 0 amide bonds. The van der Waals surface area contributed by atoms with Crippen LogP contribution in [0.1, 0.15) is 6.42 Å². The van der Waals surface area contributed by atoms with Crippen LogP contribution in [0.3, 0.4) is 0 Å². The Bertz CT molecular complexity index is 609. The summed E-state index contributed by atoms with van der Waals surface area (Å²) >= 11 is 0. The predicted octanol–water partition coefficient (Wildman–Crippen LogP) is 1.59. The molecule has 0 radical (unpaired) electrons. The lowest BCUT2D eigenvalue weighted by atomic mass is 10.3. The third-order valence-corrected chi connectivity index (χ3v) is 3.43. The molecule has 1 heterocycles. The molecule has 21 heavy (non-hydrogen) atoms. The van der Waals surface area contributed by atoms with Crippen molar-refractivity contribution in [3.63, 3.8) is 0 Å². The van der Waals surface area contributed by atoms with Crippen LogP contribution in [0.5, 0.6) is 0 Å². The molecule has 6 heteroatoms. The fourth-order valence-electron chi connectivity index (χ4n) is 2.26.